The fraction of sp³-hybridized carbons (Fsp3) is 0. The van der Waals surface area contributed by atoms with Crippen molar-refractivity contribution in [3.05, 3.63) is 36.9 Å². The maximum Gasteiger partial charge on any atom is 0.0565 e. The molecule has 2 aromatic heterocycles. The monoisotopic (exact) mass is 145 g/mol. The van der Waals surface area contributed by atoms with Gasteiger partial charge >= 0.3 is 0 Å². The molecule has 0 saturated carbocycles. The van der Waals surface area contributed by atoms with Crippen LogP contribution in [0, 0.1) is 0 Å². The van der Waals surface area contributed by atoms with Crippen LogP contribution in [-0.2, 0) is 0 Å². The molecule has 0 radical (unpaired) electrons. The number of nitrogens with zero attached hydrogens (tertiary/aromatic N) is 2. The van der Waals surface area contributed by atoms with Crippen LogP contribution in [0.4, 0.5) is 0 Å². The van der Waals surface area contributed by atoms with E-state index in [1.807, 2.05) is 18.3 Å². The van der Waals surface area contributed by atoms with Gasteiger partial charge < -0.3 is 0 Å². The van der Waals surface area contributed by atoms with E-state index in [0.717, 1.165) is 11.1 Å². The highest BCUT2D eigenvalue weighted by Gasteiger charge is 1.94. The van der Waals surface area contributed by atoms with Crippen LogP contribution in [0.3, 0.4) is 0 Å². The van der Waals surface area contributed by atoms with Gasteiger partial charge in [0.05, 0.1) is 6.20 Å². The first-order valence-electron chi connectivity index (χ1n) is 3.36. The summed E-state index contributed by atoms with van der Waals surface area (Å²) in [5.74, 6) is 0. The Labute approximate surface area is 64.1 Å². The Morgan fingerprint density at radius 1 is 1.09 bits per heavy atom. The van der Waals surface area contributed by atoms with Crippen LogP contribution in [0.15, 0.2) is 36.9 Å². The summed E-state index contributed by atoms with van der Waals surface area (Å²) in [6, 6.07) is 3.90. The third-order valence-electron chi connectivity index (χ3n) is 1.51. The number of aromatic nitrogens is 3. The van der Waals surface area contributed by atoms with Crippen molar-refractivity contribution in [1.29, 1.82) is 0 Å². The standard InChI is InChI=1S/C8H7N3/c1-3-9-4-2-7(1)8-5-10-11-6-8/h1-6H,(H,10,11). The quantitative estimate of drug-likeness (QED) is 0.660. The van der Waals surface area contributed by atoms with Crippen LogP contribution in [-0.4, -0.2) is 15.2 Å². The largest absolute Gasteiger partial charge is 0.285 e. The van der Waals surface area contributed by atoms with Crippen LogP contribution >= 0.6 is 0 Å². The van der Waals surface area contributed by atoms with Gasteiger partial charge in [-0.05, 0) is 17.7 Å². The maximum absolute atomic E-state index is 3.92. The molecule has 3 heteroatoms. The van der Waals surface area contributed by atoms with Crippen molar-refractivity contribution in [3.63, 3.8) is 0 Å². The molecule has 0 saturated heterocycles. The molecule has 11 heavy (non-hydrogen) atoms. The molecule has 2 aromatic rings. The molecule has 2 rings (SSSR count). The topological polar surface area (TPSA) is 41.6 Å². The average Bonchev–Trinajstić information content (AvgIpc) is 2.58. The van der Waals surface area contributed by atoms with Gasteiger partial charge in [0.2, 0.25) is 0 Å². The van der Waals surface area contributed by atoms with Crippen molar-refractivity contribution in [1.82, 2.24) is 15.2 Å². The van der Waals surface area contributed by atoms with Crippen molar-refractivity contribution in [2.24, 2.45) is 0 Å². The summed E-state index contributed by atoms with van der Waals surface area (Å²) in [6.45, 7) is 0. The Morgan fingerprint density at radius 2 is 1.91 bits per heavy atom. The Hall–Kier alpha value is -1.64. The van der Waals surface area contributed by atoms with E-state index in [0.29, 0.717) is 0 Å². The molecule has 0 unspecified atom stereocenters. The second kappa shape index (κ2) is 2.54. The predicted octanol–water partition coefficient (Wildman–Crippen LogP) is 1.47. The maximum atomic E-state index is 3.92. The zero-order chi connectivity index (χ0) is 7.52. The normalized spacial score (nSPS) is 9.82. The third kappa shape index (κ3) is 1.12. The minimum absolute atomic E-state index is 1.09. The van der Waals surface area contributed by atoms with Gasteiger partial charge in [-0.2, -0.15) is 5.10 Å². The van der Waals surface area contributed by atoms with E-state index in [2.05, 4.69) is 15.2 Å². The second-order valence-electron chi connectivity index (χ2n) is 2.22. The first-order valence-corrected chi connectivity index (χ1v) is 3.36. The first-order chi connectivity index (χ1) is 5.47. The molecule has 2 heterocycles. The summed E-state index contributed by atoms with van der Waals surface area (Å²) < 4.78 is 0. The minimum atomic E-state index is 1.09. The van der Waals surface area contributed by atoms with Gasteiger partial charge in [0.25, 0.3) is 0 Å². The molecule has 1 N–H and O–H groups in total. The number of hydrogen-bond donors (Lipinski definition) is 1. The SMILES string of the molecule is c1cc(-c2cn[nH]c2)ccn1. The molecule has 0 aliphatic carbocycles. The molecule has 0 aromatic carbocycles. The summed E-state index contributed by atoms with van der Waals surface area (Å²) in [5, 5.41) is 6.61. The summed E-state index contributed by atoms with van der Waals surface area (Å²) in [6.07, 6.45) is 7.18. The lowest BCUT2D eigenvalue weighted by Gasteiger charge is -1.91. The zero-order valence-electron chi connectivity index (χ0n) is 5.86. The van der Waals surface area contributed by atoms with E-state index >= 15 is 0 Å². The molecule has 0 fully saturated rings. The molecule has 0 atom stereocenters. The molecule has 0 aliphatic rings. The molecule has 54 valence electrons. The van der Waals surface area contributed by atoms with Gasteiger partial charge in [0, 0.05) is 24.2 Å². The highest BCUT2D eigenvalue weighted by Crippen LogP contribution is 2.14. The first kappa shape index (κ1) is 6.09. The third-order valence-corrected chi connectivity index (χ3v) is 1.51. The van der Waals surface area contributed by atoms with Crippen molar-refractivity contribution < 1.29 is 0 Å². The lowest BCUT2D eigenvalue weighted by atomic mass is 10.2. The highest BCUT2D eigenvalue weighted by molar-refractivity contribution is 5.60. The van der Waals surface area contributed by atoms with Crippen LogP contribution < -0.4 is 0 Å². The smallest absolute Gasteiger partial charge is 0.0565 e. The number of pyridine rings is 1. The van der Waals surface area contributed by atoms with Crippen molar-refractivity contribution in [3.8, 4) is 11.1 Å². The Kier molecular flexibility index (Phi) is 1.41. The number of aromatic amines is 1. The molecule has 3 nitrogen and oxygen atoms in total. The number of H-pyrrole nitrogens is 1. The van der Waals surface area contributed by atoms with E-state index in [4.69, 9.17) is 0 Å². The molecule has 0 spiro atoms. The van der Waals surface area contributed by atoms with E-state index in [9.17, 15) is 0 Å². The van der Waals surface area contributed by atoms with Gasteiger partial charge in [-0.15, -0.1) is 0 Å². The van der Waals surface area contributed by atoms with E-state index in [1.54, 1.807) is 18.6 Å². The number of hydrogen-bond acceptors (Lipinski definition) is 2. The molecular formula is C8H7N3. The number of rotatable bonds is 1. The van der Waals surface area contributed by atoms with Gasteiger partial charge in [-0.25, -0.2) is 0 Å². The van der Waals surface area contributed by atoms with Crippen LogP contribution in [0.1, 0.15) is 0 Å². The van der Waals surface area contributed by atoms with E-state index in [-0.39, 0.29) is 0 Å². The van der Waals surface area contributed by atoms with Crippen LogP contribution in [0.2, 0.25) is 0 Å². The summed E-state index contributed by atoms with van der Waals surface area (Å²) in [5.41, 5.74) is 2.22. The molecular weight excluding hydrogens is 138 g/mol. The fourth-order valence-corrected chi connectivity index (χ4v) is 0.953. The van der Waals surface area contributed by atoms with Gasteiger partial charge in [0.15, 0.2) is 0 Å². The Bertz CT molecular complexity index is 312. The Morgan fingerprint density at radius 3 is 2.55 bits per heavy atom. The fourth-order valence-electron chi connectivity index (χ4n) is 0.953. The van der Waals surface area contributed by atoms with E-state index in [1.165, 1.54) is 0 Å². The van der Waals surface area contributed by atoms with E-state index < -0.39 is 0 Å². The zero-order valence-corrected chi connectivity index (χ0v) is 5.86. The average molecular weight is 145 g/mol. The van der Waals surface area contributed by atoms with Crippen LogP contribution in [0.5, 0.6) is 0 Å². The lowest BCUT2D eigenvalue weighted by Crippen LogP contribution is -1.73. The Balaban J connectivity index is 2.46. The van der Waals surface area contributed by atoms with Crippen LogP contribution in [0.25, 0.3) is 11.1 Å². The molecule has 0 aliphatic heterocycles. The molecule has 0 amide bonds. The van der Waals surface area contributed by atoms with Crippen molar-refractivity contribution in [2.75, 3.05) is 0 Å². The second-order valence-corrected chi connectivity index (χ2v) is 2.22. The number of nitrogens with one attached hydrogen (secondary N) is 1. The van der Waals surface area contributed by atoms with Gasteiger partial charge in [0.1, 0.15) is 0 Å². The highest BCUT2D eigenvalue weighted by atomic mass is 15.1. The van der Waals surface area contributed by atoms with Crippen molar-refractivity contribution >= 4 is 0 Å². The molecule has 0 bridgehead atoms. The van der Waals surface area contributed by atoms with Gasteiger partial charge in [-0.3, -0.25) is 10.1 Å². The van der Waals surface area contributed by atoms with Crippen molar-refractivity contribution in [2.45, 2.75) is 0 Å². The summed E-state index contributed by atoms with van der Waals surface area (Å²) in [7, 11) is 0. The predicted molar refractivity (Wildman–Crippen MR) is 41.8 cm³/mol. The summed E-state index contributed by atoms with van der Waals surface area (Å²) in [4.78, 5) is 3.92. The summed E-state index contributed by atoms with van der Waals surface area (Å²) >= 11 is 0. The lowest BCUT2D eigenvalue weighted by molar-refractivity contribution is 1.09. The minimum Gasteiger partial charge on any atom is -0.285 e. The van der Waals surface area contributed by atoms with Gasteiger partial charge in [-0.1, -0.05) is 0 Å².